The van der Waals surface area contributed by atoms with E-state index >= 15 is 0 Å². The van der Waals surface area contributed by atoms with Crippen LogP contribution in [0.2, 0.25) is 0 Å². The summed E-state index contributed by atoms with van der Waals surface area (Å²) in [5.74, 6) is 1.63. The normalized spacial score (nSPS) is 14.3. The summed E-state index contributed by atoms with van der Waals surface area (Å²) in [7, 11) is 0. The first-order valence-corrected chi connectivity index (χ1v) is 8.51. The molecule has 0 spiro atoms. The predicted octanol–water partition coefficient (Wildman–Crippen LogP) is 3.74. The second-order valence-electron chi connectivity index (χ2n) is 5.82. The Bertz CT molecular complexity index is 882. The fourth-order valence-electron chi connectivity index (χ4n) is 2.63. The lowest BCUT2D eigenvalue weighted by Gasteiger charge is -2.08. The first-order valence-electron chi connectivity index (χ1n) is 7.69. The summed E-state index contributed by atoms with van der Waals surface area (Å²) in [5.41, 5.74) is 2.14. The van der Waals surface area contributed by atoms with Gasteiger partial charge in [0.2, 0.25) is 0 Å². The molecule has 0 amide bonds. The van der Waals surface area contributed by atoms with Crippen molar-refractivity contribution >= 4 is 22.7 Å². The summed E-state index contributed by atoms with van der Waals surface area (Å²) in [5, 5.41) is 11.6. The third-order valence-corrected chi connectivity index (χ3v) is 4.95. The molecule has 116 valence electrons. The zero-order valence-corrected chi connectivity index (χ0v) is 13.8. The smallest absolute Gasteiger partial charge is 0.197 e. The maximum atomic E-state index is 4.46. The molecular weight excluding hydrogens is 306 g/mol. The van der Waals surface area contributed by atoms with E-state index in [1.807, 2.05) is 12.1 Å². The van der Waals surface area contributed by atoms with Crippen molar-refractivity contribution in [3.05, 3.63) is 48.6 Å². The molecule has 23 heavy (non-hydrogen) atoms. The first kappa shape index (κ1) is 14.4. The fraction of sp³-hybridized carbons (Fsp3) is 0.294. The number of hydrogen-bond donors (Lipinski definition) is 0. The zero-order valence-electron chi connectivity index (χ0n) is 12.9. The summed E-state index contributed by atoms with van der Waals surface area (Å²) < 4.78 is 2.15. The van der Waals surface area contributed by atoms with Crippen molar-refractivity contribution in [3.63, 3.8) is 0 Å². The van der Waals surface area contributed by atoms with E-state index in [1.165, 1.54) is 18.4 Å². The molecule has 1 fully saturated rings. The van der Waals surface area contributed by atoms with Crippen molar-refractivity contribution in [1.29, 1.82) is 0 Å². The summed E-state index contributed by atoms with van der Waals surface area (Å²) in [6.45, 7) is 6.66. The van der Waals surface area contributed by atoms with Gasteiger partial charge in [0.05, 0.1) is 5.52 Å². The monoisotopic (exact) mass is 323 g/mol. The molecule has 3 aromatic rings. The molecule has 0 saturated heterocycles. The Morgan fingerprint density at radius 2 is 2.17 bits per heavy atom. The number of aryl methyl sites for hydroxylation is 1. The number of allylic oxidation sites excluding steroid dienone is 1. The second kappa shape index (κ2) is 5.77. The van der Waals surface area contributed by atoms with Crippen LogP contribution in [0.15, 0.2) is 47.4 Å². The molecule has 0 unspecified atom stereocenters. The first-order chi connectivity index (χ1) is 11.3. The third-order valence-electron chi connectivity index (χ3n) is 3.94. The molecule has 4 rings (SSSR count). The van der Waals surface area contributed by atoms with E-state index in [1.54, 1.807) is 18.1 Å². The fourth-order valence-corrected chi connectivity index (χ4v) is 3.54. The topological polar surface area (TPSA) is 56.5 Å². The van der Waals surface area contributed by atoms with Crippen LogP contribution < -0.4 is 0 Å². The van der Waals surface area contributed by atoms with Gasteiger partial charge in [0.25, 0.3) is 0 Å². The van der Waals surface area contributed by atoms with Crippen molar-refractivity contribution in [2.75, 3.05) is 0 Å². The highest BCUT2D eigenvalue weighted by atomic mass is 32.2. The summed E-state index contributed by atoms with van der Waals surface area (Å²) in [4.78, 5) is 8.80. The third kappa shape index (κ3) is 2.74. The van der Waals surface area contributed by atoms with Gasteiger partial charge in [0.1, 0.15) is 17.2 Å². The van der Waals surface area contributed by atoms with E-state index in [2.05, 4.69) is 50.4 Å². The number of fused-ring (bicyclic) bond motifs is 1. The number of rotatable bonds is 5. The van der Waals surface area contributed by atoms with E-state index in [4.69, 9.17) is 0 Å². The average molecular weight is 323 g/mol. The van der Waals surface area contributed by atoms with Gasteiger partial charge < -0.3 is 4.57 Å². The van der Waals surface area contributed by atoms with Crippen LogP contribution in [-0.2, 0) is 6.54 Å². The van der Waals surface area contributed by atoms with Crippen LogP contribution in [0.3, 0.4) is 0 Å². The number of benzene rings is 1. The minimum absolute atomic E-state index is 0.557. The molecule has 0 radical (unpaired) electrons. The number of hydrogen-bond acceptors (Lipinski definition) is 5. The lowest BCUT2D eigenvalue weighted by atomic mass is 10.2. The highest BCUT2D eigenvalue weighted by Gasteiger charge is 2.30. The molecular formula is C17H17N5S. The van der Waals surface area contributed by atoms with Crippen molar-refractivity contribution in [2.45, 2.75) is 42.4 Å². The second-order valence-corrected chi connectivity index (χ2v) is 6.77. The van der Waals surface area contributed by atoms with Crippen LogP contribution in [0.1, 0.15) is 30.1 Å². The Kier molecular flexibility index (Phi) is 3.61. The van der Waals surface area contributed by atoms with Gasteiger partial charge in [-0.1, -0.05) is 17.7 Å². The van der Waals surface area contributed by atoms with Gasteiger partial charge in [-0.3, -0.25) is 0 Å². The largest absolute Gasteiger partial charge is 0.302 e. The van der Waals surface area contributed by atoms with Gasteiger partial charge in [-0.15, -0.1) is 16.8 Å². The SMILES string of the molecule is C=CCn1c(Sc2ncnc3ccc(C)cc23)nnc1C1CC1. The molecule has 0 N–H and O–H groups in total. The Labute approximate surface area is 138 Å². The van der Waals surface area contributed by atoms with Crippen molar-refractivity contribution < 1.29 is 0 Å². The van der Waals surface area contributed by atoms with Crippen LogP contribution in [0.25, 0.3) is 10.9 Å². The number of aromatic nitrogens is 5. The highest BCUT2D eigenvalue weighted by Crippen LogP contribution is 2.41. The Morgan fingerprint density at radius 3 is 2.96 bits per heavy atom. The number of nitrogens with zero attached hydrogens (tertiary/aromatic N) is 5. The molecule has 0 bridgehead atoms. The maximum Gasteiger partial charge on any atom is 0.197 e. The summed E-state index contributed by atoms with van der Waals surface area (Å²) in [6.07, 6.45) is 5.91. The van der Waals surface area contributed by atoms with Gasteiger partial charge in [-0.2, -0.15) is 0 Å². The molecule has 2 heterocycles. The van der Waals surface area contributed by atoms with Crippen molar-refractivity contribution in [1.82, 2.24) is 24.7 Å². The predicted molar refractivity (Wildman–Crippen MR) is 90.6 cm³/mol. The Morgan fingerprint density at radius 1 is 1.30 bits per heavy atom. The van der Waals surface area contributed by atoms with E-state index in [0.29, 0.717) is 5.92 Å². The average Bonchev–Trinajstić information content (AvgIpc) is 3.32. The van der Waals surface area contributed by atoms with E-state index < -0.39 is 0 Å². The molecule has 1 aromatic carbocycles. The lowest BCUT2D eigenvalue weighted by molar-refractivity contribution is 0.681. The molecule has 5 nitrogen and oxygen atoms in total. The molecule has 0 aliphatic heterocycles. The zero-order chi connectivity index (χ0) is 15.8. The van der Waals surface area contributed by atoms with Crippen molar-refractivity contribution in [2.24, 2.45) is 0 Å². The van der Waals surface area contributed by atoms with Crippen LogP contribution in [0.5, 0.6) is 0 Å². The van der Waals surface area contributed by atoms with Crippen LogP contribution >= 0.6 is 11.8 Å². The minimum Gasteiger partial charge on any atom is -0.302 e. The van der Waals surface area contributed by atoms with Crippen LogP contribution in [-0.4, -0.2) is 24.7 Å². The Hall–Kier alpha value is -2.21. The minimum atomic E-state index is 0.557. The van der Waals surface area contributed by atoms with Gasteiger partial charge >= 0.3 is 0 Å². The molecule has 1 saturated carbocycles. The highest BCUT2D eigenvalue weighted by molar-refractivity contribution is 7.99. The van der Waals surface area contributed by atoms with E-state index in [9.17, 15) is 0 Å². The van der Waals surface area contributed by atoms with Crippen LogP contribution in [0.4, 0.5) is 0 Å². The van der Waals surface area contributed by atoms with E-state index in [0.717, 1.165) is 33.5 Å². The summed E-state index contributed by atoms with van der Waals surface area (Å²) >= 11 is 1.55. The lowest BCUT2D eigenvalue weighted by Crippen LogP contribution is -2.02. The molecule has 1 aliphatic carbocycles. The van der Waals surface area contributed by atoms with Gasteiger partial charge in [-0.05, 0) is 43.7 Å². The van der Waals surface area contributed by atoms with Crippen LogP contribution in [0, 0.1) is 6.92 Å². The van der Waals surface area contributed by atoms with E-state index in [-0.39, 0.29) is 0 Å². The quantitative estimate of drug-likeness (QED) is 0.529. The maximum absolute atomic E-state index is 4.46. The molecule has 1 aliphatic rings. The Balaban J connectivity index is 1.76. The van der Waals surface area contributed by atoms with Gasteiger partial charge in [0.15, 0.2) is 5.16 Å². The summed E-state index contributed by atoms with van der Waals surface area (Å²) in [6, 6.07) is 6.21. The van der Waals surface area contributed by atoms with Gasteiger partial charge in [-0.25, -0.2) is 9.97 Å². The molecule has 0 atom stereocenters. The van der Waals surface area contributed by atoms with Gasteiger partial charge in [0, 0.05) is 17.8 Å². The molecule has 2 aromatic heterocycles. The molecule has 6 heteroatoms. The van der Waals surface area contributed by atoms with Crippen molar-refractivity contribution in [3.8, 4) is 0 Å². The standard InChI is InChI=1S/C17H17N5S/c1-3-8-22-15(12-5-6-12)20-21-17(22)23-16-13-9-11(2)4-7-14(13)18-10-19-16/h3-4,7,9-10,12H,1,5-6,8H2,2H3.